The van der Waals surface area contributed by atoms with Crippen LogP contribution < -0.4 is 10.6 Å². The minimum atomic E-state index is -0.770. The molecular formula is C13H17ClF2N2O2. The van der Waals surface area contributed by atoms with Crippen LogP contribution in [0.1, 0.15) is 24.9 Å². The molecule has 20 heavy (non-hydrogen) atoms. The highest BCUT2D eigenvalue weighted by Crippen LogP contribution is 2.20. The molecule has 0 radical (unpaired) electrons. The molecule has 1 saturated heterocycles. The van der Waals surface area contributed by atoms with E-state index in [9.17, 15) is 18.7 Å². The molecular weight excluding hydrogens is 290 g/mol. The lowest BCUT2D eigenvalue weighted by Gasteiger charge is -2.18. The summed E-state index contributed by atoms with van der Waals surface area (Å²) in [6.45, 7) is 1.87. The summed E-state index contributed by atoms with van der Waals surface area (Å²) >= 11 is 0. The first kappa shape index (κ1) is 16.8. The SMILES string of the molecule is CC(NC(=O)C1CC(O)CN1)c1c(F)cccc1F.Cl. The van der Waals surface area contributed by atoms with E-state index in [2.05, 4.69) is 10.6 Å². The van der Waals surface area contributed by atoms with Gasteiger partial charge in [-0.2, -0.15) is 0 Å². The Morgan fingerprint density at radius 3 is 2.55 bits per heavy atom. The molecule has 1 amide bonds. The fourth-order valence-corrected chi connectivity index (χ4v) is 2.23. The highest BCUT2D eigenvalue weighted by molar-refractivity contribution is 5.85. The number of benzene rings is 1. The Bertz CT molecular complexity index is 467. The highest BCUT2D eigenvalue weighted by atomic mass is 35.5. The summed E-state index contributed by atoms with van der Waals surface area (Å²) in [6.07, 6.45) is -0.255. The molecule has 1 aromatic carbocycles. The number of rotatable bonds is 3. The molecule has 1 aromatic rings. The zero-order valence-electron chi connectivity index (χ0n) is 10.9. The number of hydrogen-bond donors (Lipinski definition) is 3. The Hall–Kier alpha value is -1.24. The Labute approximate surface area is 122 Å². The van der Waals surface area contributed by atoms with Crippen LogP contribution in [-0.2, 0) is 4.79 Å². The predicted molar refractivity (Wildman–Crippen MR) is 72.6 cm³/mol. The molecule has 3 unspecified atom stereocenters. The minimum absolute atomic E-state index is 0. The van der Waals surface area contributed by atoms with Crippen molar-refractivity contribution in [2.45, 2.75) is 31.5 Å². The van der Waals surface area contributed by atoms with Gasteiger partial charge in [-0.3, -0.25) is 4.79 Å². The first-order chi connectivity index (χ1) is 8.99. The van der Waals surface area contributed by atoms with Gasteiger partial charge in [-0.15, -0.1) is 12.4 Å². The van der Waals surface area contributed by atoms with Gasteiger partial charge in [0.15, 0.2) is 0 Å². The van der Waals surface area contributed by atoms with E-state index in [1.54, 1.807) is 0 Å². The fraction of sp³-hybridized carbons (Fsp3) is 0.462. The van der Waals surface area contributed by atoms with Crippen LogP contribution >= 0.6 is 12.4 Å². The molecule has 7 heteroatoms. The lowest BCUT2D eigenvalue weighted by atomic mass is 10.1. The van der Waals surface area contributed by atoms with Gasteiger partial charge in [-0.25, -0.2) is 8.78 Å². The van der Waals surface area contributed by atoms with Gasteiger partial charge in [0, 0.05) is 12.1 Å². The monoisotopic (exact) mass is 306 g/mol. The number of carbonyl (C=O) groups is 1. The molecule has 112 valence electrons. The molecule has 2 rings (SSSR count). The second kappa shape index (κ2) is 6.97. The van der Waals surface area contributed by atoms with Crippen LogP contribution in [0.15, 0.2) is 18.2 Å². The summed E-state index contributed by atoms with van der Waals surface area (Å²) in [5.41, 5.74) is -0.158. The quantitative estimate of drug-likeness (QED) is 0.788. The molecule has 0 aliphatic carbocycles. The molecule has 0 spiro atoms. The fourth-order valence-electron chi connectivity index (χ4n) is 2.23. The number of amides is 1. The van der Waals surface area contributed by atoms with Gasteiger partial charge in [0.25, 0.3) is 0 Å². The first-order valence-corrected chi connectivity index (χ1v) is 6.14. The van der Waals surface area contributed by atoms with Crippen molar-refractivity contribution in [3.63, 3.8) is 0 Å². The second-order valence-electron chi connectivity index (χ2n) is 4.72. The Balaban J connectivity index is 0.00000200. The minimum Gasteiger partial charge on any atom is -0.392 e. The van der Waals surface area contributed by atoms with Crippen molar-refractivity contribution < 1.29 is 18.7 Å². The molecule has 0 bridgehead atoms. The molecule has 4 nitrogen and oxygen atoms in total. The summed E-state index contributed by atoms with van der Waals surface area (Å²) in [5, 5.41) is 14.7. The maximum absolute atomic E-state index is 13.5. The van der Waals surface area contributed by atoms with Crippen LogP contribution in [0.5, 0.6) is 0 Å². The van der Waals surface area contributed by atoms with Crippen LogP contribution in [0, 0.1) is 11.6 Å². The van der Waals surface area contributed by atoms with Crippen molar-refractivity contribution in [2.24, 2.45) is 0 Å². The van der Waals surface area contributed by atoms with Crippen molar-refractivity contribution in [1.29, 1.82) is 0 Å². The Kier molecular flexibility index (Phi) is 5.86. The van der Waals surface area contributed by atoms with Crippen LogP contribution in [0.3, 0.4) is 0 Å². The van der Waals surface area contributed by atoms with Gasteiger partial charge < -0.3 is 15.7 Å². The molecule has 1 heterocycles. The zero-order chi connectivity index (χ0) is 14.0. The van der Waals surface area contributed by atoms with E-state index >= 15 is 0 Å². The van der Waals surface area contributed by atoms with Crippen LogP contribution in [-0.4, -0.2) is 29.7 Å². The standard InChI is InChI=1S/C13H16F2N2O2.ClH/c1-7(12-9(14)3-2-4-10(12)15)17-13(19)11-5-8(18)6-16-11;/h2-4,7-8,11,16,18H,5-6H2,1H3,(H,17,19);1H. The largest absolute Gasteiger partial charge is 0.392 e. The van der Waals surface area contributed by atoms with Crippen molar-refractivity contribution in [3.8, 4) is 0 Å². The van der Waals surface area contributed by atoms with E-state index < -0.39 is 29.8 Å². The van der Waals surface area contributed by atoms with Crippen molar-refractivity contribution >= 4 is 18.3 Å². The molecule has 1 fully saturated rings. The predicted octanol–water partition coefficient (Wildman–Crippen LogP) is 1.29. The summed E-state index contributed by atoms with van der Waals surface area (Å²) < 4.78 is 27.1. The van der Waals surface area contributed by atoms with Gasteiger partial charge in [0.2, 0.25) is 5.91 Å². The van der Waals surface area contributed by atoms with Crippen molar-refractivity contribution in [3.05, 3.63) is 35.4 Å². The van der Waals surface area contributed by atoms with E-state index in [0.717, 1.165) is 12.1 Å². The highest BCUT2D eigenvalue weighted by Gasteiger charge is 2.29. The second-order valence-corrected chi connectivity index (χ2v) is 4.72. The van der Waals surface area contributed by atoms with E-state index in [1.807, 2.05) is 0 Å². The summed E-state index contributed by atoms with van der Waals surface area (Å²) in [4.78, 5) is 11.9. The number of carbonyl (C=O) groups excluding carboxylic acids is 1. The molecule has 3 atom stereocenters. The van der Waals surface area contributed by atoms with E-state index in [0.29, 0.717) is 13.0 Å². The smallest absolute Gasteiger partial charge is 0.237 e. The Morgan fingerprint density at radius 1 is 1.45 bits per heavy atom. The first-order valence-electron chi connectivity index (χ1n) is 6.14. The number of halogens is 3. The maximum atomic E-state index is 13.5. The number of nitrogens with one attached hydrogen (secondary N) is 2. The Morgan fingerprint density at radius 2 is 2.05 bits per heavy atom. The number of aliphatic hydroxyl groups excluding tert-OH is 1. The average molecular weight is 307 g/mol. The number of β-amino-alcohol motifs (C(OH)–C–C–N with tert-alkyl or cyclic N) is 1. The number of aliphatic hydroxyl groups is 1. The average Bonchev–Trinajstić information content (AvgIpc) is 2.75. The molecule has 1 aliphatic rings. The third-order valence-corrected chi connectivity index (χ3v) is 3.22. The third kappa shape index (κ3) is 3.65. The topological polar surface area (TPSA) is 61.4 Å². The van der Waals surface area contributed by atoms with Crippen molar-refractivity contribution in [1.82, 2.24) is 10.6 Å². The van der Waals surface area contributed by atoms with Crippen LogP contribution in [0.4, 0.5) is 8.78 Å². The van der Waals surface area contributed by atoms with E-state index in [4.69, 9.17) is 0 Å². The molecule has 0 saturated carbocycles. The van der Waals surface area contributed by atoms with Gasteiger partial charge in [-0.1, -0.05) is 6.07 Å². The summed E-state index contributed by atoms with van der Waals surface area (Å²) in [6, 6.07) is 2.29. The zero-order valence-corrected chi connectivity index (χ0v) is 11.7. The van der Waals surface area contributed by atoms with Crippen molar-refractivity contribution in [2.75, 3.05) is 6.54 Å². The van der Waals surface area contributed by atoms with Crippen LogP contribution in [0.25, 0.3) is 0 Å². The van der Waals surface area contributed by atoms with Gasteiger partial charge in [0.05, 0.1) is 18.2 Å². The van der Waals surface area contributed by atoms with E-state index in [-0.39, 0.29) is 23.9 Å². The van der Waals surface area contributed by atoms with Gasteiger partial charge in [-0.05, 0) is 25.5 Å². The third-order valence-electron chi connectivity index (χ3n) is 3.22. The van der Waals surface area contributed by atoms with Gasteiger partial charge >= 0.3 is 0 Å². The molecule has 0 aromatic heterocycles. The number of hydrogen-bond acceptors (Lipinski definition) is 3. The van der Waals surface area contributed by atoms with Crippen LogP contribution in [0.2, 0.25) is 0 Å². The molecule has 3 N–H and O–H groups in total. The van der Waals surface area contributed by atoms with E-state index in [1.165, 1.54) is 13.0 Å². The normalized spacial score (nSPS) is 23.0. The summed E-state index contributed by atoms with van der Waals surface area (Å²) in [7, 11) is 0. The maximum Gasteiger partial charge on any atom is 0.237 e. The lowest BCUT2D eigenvalue weighted by Crippen LogP contribution is -2.41. The van der Waals surface area contributed by atoms with Gasteiger partial charge in [0.1, 0.15) is 11.6 Å². The lowest BCUT2D eigenvalue weighted by molar-refractivity contribution is -0.123. The summed E-state index contributed by atoms with van der Waals surface area (Å²) in [5.74, 6) is -1.74. The molecule has 1 aliphatic heterocycles.